The van der Waals surface area contributed by atoms with Crippen molar-refractivity contribution < 1.29 is 14.1 Å². The van der Waals surface area contributed by atoms with Crippen molar-refractivity contribution in [3.63, 3.8) is 0 Å². The maximum Gasteiger partial charge on any atom is 0.269 e. The summed E-state index contributed by atoms with van der Waals surface area (Å²) in [5.74, 6) is 1.05. The minimum Gasteiger partial charge on any atom is -0.455 e. The third kappa shape index (κ3) is 5.31. The SMILES string of the molecule is Cc1ccc(SCC(=O)N/N=C\c2ccc(-c3ccc([N+](=O)[O-])cc3)o2)cc1. The zero-order valence-corrected chi connectivity index (χ0v) is 15.8. The van der Waals surface area contributed by atoms with Gasteiger partial charge in [-0.1, -0.05) is 17.7 Å². The molecule has 1 heterocycles. The highest BCUT2D eigenvalue weighted by Gasteiger charge is 2.08. The Kier molecular flexibility index (Phi) is 6.23. The first kappa shape index (κ1) is 19.4. The molecule has 142 valence electrons. The van der Waals surface area contributed by atoms with Crippen molar-refractivity contribution in [3.05, 3.63) is 82.1 Å². The van der Waals surface area contributed by atoms with Gasteiger partial charge in [0.05, 0.1) is 16.9 Å². The quantitative estimate of drug-likeness (QED) is 0.277. The number of nitrogens with zero attached hydrogens (tertiary/aromatic N) is 2. The topological polar surface area (TPSA) is 97.7 Å². The summed E-state index contributed by atoms with van der Waals surface area (Å²) >= 11 is 1.43. The van der Waals surface area contributed by atoms with Crippen molar-refractivity contribution in [2.45, 2.75) is 11.8 Å². The molecule has 1 N–H and O–H groups in total. The summed E-state index contributed by atoms with van der Waals surface area (Å²) < 4.78 is 5.62. The molecule has 0 bridgehead atoms. The van der Waals surface area contributed by atoms with Crippen LogP contribution in [0.1, 0.15) is 11.3 Å². The minimum atomic E-state index is -0.455. The maximum absolute atomic E-state index is 11.9. The number of nitro benzene ring substituents is 1. The Morgan fingerprint density at radius 3 is 2.54 bits per heavy atom. The van der Waals surface area contributed by atoms with E-state index in [0.717, 1.165) is 4.90 Å². The first-order valence-corrected chi connectivity index (χ1v) is 9.36. The van der Waals surface area contributed by atoms with Crippen molar-refractivity contribution >= 4 is 29.6 Å². The number of carbonyl (C=O) groups is 1. The van der Waals surface area contributed by atoms with E-state index in [1.165, 1.54) is 35.7 Å². The molecule has 8 heteroatoms. The van der Waals surface area contributed by atoms with E-state index in [2.05, 4.69) is 10.5 Å². The van der Waals surface area contributed by atoms with E-state index in [9.17, 15) is 14.9 Å². The van der Waals surface area contributed by atoms with Crippen molar-refractivity contribution in [2.24, 2.45) is 5.10 Å². The molecule has 7 nitrogen and oxygen atoms in total. The number of hydrogen-bond acceptors (Lipinski definition) is 6. The Labute approximate surface area is 165 Å². The van der Waals surface area contributed by atoms with Gasteiger partial charge in [0, 0.05) is 22.6 Å². The minimum absolute atomic E-state index is 0.0170. The van der Waals surface area contributed by atoms with Crippen LogP contribution in [-0.4, -0.2) is 22.8 Å². The summed E-state index contributed by atoms with van der Waals surface area (Å²) in [5.41, 5.74) is 4.36. The van der Waals surface area contributed by atoms with Crippen molar-refractivity contribution in [1.82, 2.24) is 5.43 Å². The van der Waals surface area contributed by atoms with Gasteiger partial charge in [0.1, 0.15) is 11.5 Å². The largest absolute Gasteiger partial charge is 0.455 e. The number of rotatable bonds is 7. The summed E-state index contributed by atoms with van der Waals surface area (Å²) in [6.07, 6.45) is 1.41. The number of amides is 1. The Morgan fingerprint density at radius 2 is 1.86 bits per heavy atom. The third-order valence-electron chi connectivity index (χ3n) is 3.76. The van der Waals surface area contributed by atoms with Gasteiger partial charge in [0.15, 0.2) is 0 Å². The van der Waals surface area contributed by atoms with Gasteiger partial charge < -0.3 is 4.42 Å². The van der Waals surface area contributed by atoms with Crippen LogP contribution in [-0.2, 0) is 4.79 Å². The molecule has 28 heavy (non-hydrogen) atoms. The number of benzene rings is 2. The highest BCUT2D eigenvalue weighted by molar-refractivity contribution is 8.00. The van der Waals surface area contributed by atoms with Gasteiger partial charge in [-0.15, -0.1) is 11.8 Å². The summed E-state index contributed by atoms with van der Waals surface area (Å²) in [7, 11) is 0. The lowest BCUT2D eigenvalue weighted by Crippen LogP contribution is -2.19. The summed E-state index contributed by atoms with van der Waals surface area (Å²) in [5, 5.41) is 14.6. The average Bonchev–Trinajstić information content (AvgIpc) is 3.16. The predicted molar refractivity (Wildman–Crippen MR) is 108 cm³/mol. The van der Waals surface area contributed by atoms with Crippen LogP contribution in [0.25, 0.3) is 11.3 Å². The number of carbonyl (C=O) groups excluding carboxylic acids is 1. The molecule has 0 saturated heterocycles. The molecule has 0 fully saturated rings. The van der Waals surface area contributed by atoms with Crippen LogP contribution < -0.4 is 5.43 Å². The van der Waals surface area contributed by atoms with Crippen LogP contribution >= 0.6 is 11.8 Å². The smallest absolute Gasteiger partial charge is 0.269 e. The number of hydrogen-bond donors (Lipinski definition) is 1. The molecular formula is C20H17N3O4S. The standard InChI is InChI=1S/C20H17N3O4S/c1-14-2-9-18(10-3-14)28-13-20(24)22-21-12-17-8-11-19(27-17)15-4-6-16(7-5-15)23(25)26/h2-12H,13H2,1H3,(H,22,24)/b21-12-. The van der Waals surface area contributed by atoms with E-state index >= 15 is 0 Å². The van der Waals surface area contributed by atoms with Gasteiger partial charge in [0.2, 0.25) is 5.91 Å². The number of nitrogens with one attached hydrogen (secondary N) is 1. The number of thioether (sulfide) groups is 1. The first-order valence-electron chi connectivity index (χ1n) is 8.37. The Hall–Kier alpha value is -3.39. The third-order valence-corrected chi connectivity index (χ3v) is 4.77. The van der Waals surface area contributed by atoms with Crippen LogP contribution in [0.3, 0.4) is 0 Å². The molecule has 3 rings (SSSR count). The monoisotopic (exact) mass is 395 g/mol. The summed E-state index contributed by atoms with van der Waals surface area (Å²) in [6, 6.07) is 17.4. The molecule has 0 unspecified atom stereocenters. The molecule has 0 spiro atoms. The van der Waals surface area contributed by atoms with Crippen LogP contribution in [0.2, 0.25) is 0 Å². The average molecular weight is 395 g/mol. The number of hydrazone groups is 1. The fraction of sp³-hybridized carbons (Fsp3) is 0.100. The molecule has 0 atom stereocenters. The van der Waals surface area contributed by atoms with Crippen LogP contribution in [0.4, 0.5) is 5.69 Å². The predicted octanol–water partition coefficient (Wildman–Crippen LogP) is 4.41. The zero-order chi connectivity index (χ0) is 19.9. The van der Waals surface area contributed by atoms with E-state index < -0.39 is 4.92 Å². The first-order chi connectivity index (χ1) is 13.5. The van der Waals surface area contributed by atoms with Gasteiger partial charge in [0.25, 0.3) is 5.69 Å². The highest BCUT2D eigenvalue weighted by atomic mass is 32.2. The number of furan rings is 1. The van der Waals surface area contributed by atoms with Crippen molar-refractivity contribution in [1.29, 1.82) is 0 Å². The number of nitro groups is 1. The lowest BCUT2D eigenvalue weighted by Gasteiger charge is -2.01. The van der Waals surface area contributed by atoms with Gasteiger partial charge >= 0.3 is 0 Å². The lowest BCUT2D eigenvalue weighted by molar-refractivity contribution is -0.384. The van der Waals surface area contributed by atoms with E-state index in [1.807, 2.05) is 31.2 Å². The second-order valence-electron chi connectivity index (χ2n) is 5.90. The van der Waals surface area contributed by atoms with E-state index in [-0.39, 0.29) is 17.3 Å². The van der Waals surface area contributed by atoms with Crippen LogP contribution in [0, 0.1) is 17.0 Å². The highest BCUT2D eigenvalue weighted by Crippen LogP contribution is 2.24. The molecule has 2 aromatic carbocycles. The normalized spacial score (nSPS) is 10.9. The molecule has 0 aliphatic carbocycles. The molecule has 1 aromatic heterocycles. The molecular weight excluding hydrogens is 378 g/mol. The van der Waals surface area contributed by atoms with Gasteiger partial charge in [-0.2, -0.15) is 5.10 Å². The van der Waals surface area contributed by atoms with Crippen molar-refractivity contribution in [3.8, 4) is 11.3 Å². The number of aryl methyl sites for hydroxylation is 1. The van der Waals surface area contributed by atoms with Gasteiger partial charge in [-0.25, -0.2) is 5.43 Å². The Morgan fingerprint density at radius 1 is 1.14 bits per heavy atom. The Bertz CT molecular complexity index is 995. The molecule has 0 aliphatic rings. The Balaban J connectivity index is 1.51. The van der Waals surface area contributed by atoms with Gasteiger partial charge in [-0.3, -0.25) is 14.9 Å². The lowest BCUT2D eigenvalue weighted by atomic mass is 10.1. The fourth-order valence-corrected chi connectivity index (χ4v) is 3.00. The molecule has 0 saturated carbocycles. The van der Waals surface area contributed by atoms with E-state index in [1.54, 1.807) is 24.3 Å². The van der Waals surface area contributed by atoms with Crippen molar-refractivity contribution in [2.75, 3.05) is 5.75 Å². The zero-order valence-electron chi connectivity index (χ0n) is 15.0. The summed E-state index contributed by atoms with van der Waals surface area (Å²) in [6.45, 7) is 2.01. The maximum atomic E-state index is 11.9. The van der Waals surface area contributed by atoms with Crippen LogP contribution in [0.15, 0.2) is 75.1 Å². The van der Waals surface area contributed by atoms with Crippen LogP contribution in [0.5, 0.6) is 0 Å². The molecule has 3 aromatic rings. The molecule has 0 radical (unpaired) electrons. The van der Waals surface area contributed by atoms with Gasteiger partial charge in [-0.05, 0) is 43.3 Å². The van der Waals surface area contributed by atoms with E-state index in [0.29, 0.717) is 17.1 Å². The molecule has 0 aliphatic heterocycles. The molecule has 1 amide bonds. The second kappa shape index (κ2) is 9.01. The second-order valence-corrected chi connectivity index (χ2v) is 6.95. The fourth-order valence-electron chi connectivity index (χ4n) is 2.31. The van der Waals surface area contributed by atoms with E-state index in [4.69, 9.17) is 4.42 Å². The summed E-state index contributed by atoms with van der Waals surface area (Å²) in [4.78, 5) is 23.1. The number of non-ortho nitro benzene ring substituents is 1.